The Labute approximate surface area is 184 Å². The lowest BCUT2D eigenvalue weighted by Crippen LogP contribution is -2.56. The quantitative estimate of drug-likeness (QED) is 0.545. The Bertz CT molecular complexity index is 747. The van der Waals surface area contributed by atoms with Gasteiger partial charge in [0.05, 0.1) is 19.3 Å². The summed E-state index contributed by atoms with van der Waals surface area (Å²) in [6.45, 7) is 9.55. The molecule has 3 aliphatic rings. The number of hydrogen-bond acceptors (Lipinski definition) is 6. The van der Waals surface area contributed by atoms with E-state index in [1.54, 1.807) is 0 Å². The number of aryl methyl sites for hydroxylation is 1. The number of guanidine groups is 1. The van der Waals surface area contributed by atoms with E-state index in [4.69, 9.17) is 13.9 Å². The second-order valence-corrected chi connectivity index (χ2v) is 8.35. The number of carbonyl (C=O) groups is 1. The molecule has 172 valence electrons. The average Bonchev–Trinajstić information content (AvgIpc) is 3.49. The van der Waals surface area contributed by atoms with Crippen molar-refractivity contribution in [3.05, 3.63) is 23.7 Å². The Morgan fingerprint density at radius 3 is 2.48 bits per heavy atom. The van der Waals surface area contributed by atoms with Crippen molar-refractivity contribution in [2.24, 2.45) is 4.99 Å². The molecule has 0 saturated carbocycles. The van der Waals surface area contributed by atoms with Crippen molar-refractivity contribution in [2.75, 3.05) is 72.7 Å². The van der Waals surface area contributed by atoms with E-state index < -0.39 is 0 Å². The maximum absolute atomic E-state index is 12.6. The van der Waals surface area contributed by atoms with Crippen LogP contribution < -0.4 is 5.32 Å². The minimum absolute atomic E-state index is 0.122. The summed E-state index contributed by atoms with van der Waals surface area (Å²) >= 11 is 0. The highest BCUT2D eigenvalue weighted by molar-refractivity contribution is 5.82. The first kappa shape index (κ1) is 22.1. The van der Waals surface area contributed by atoms with Crippen LogP contribution >= 0.6 is 0 Å². The maximum atomic E-state index is 12.6. The van der Waals surface area contributed by atoms with Crippen LogP contribution in [0.15, 0.2) is 21.5 Å². The van der Waals surface area contributed by atoms with Gasteiger partial charge in [-0.15, -0.1) is 0 Å². The Morgan fingerprint density at radius 1 is 1.13 bits per heavy atom. The molecule has 0 aromatic carbocycles. The maximum Gasteiger partial charge on any atom is 0.251 e. The average molecular weight is 434 g/mol. The van der Waals surface area contributed by atoms with Crippen molar-refractivity contribution in [3.8, 4) is 0 Å². The molecule has 2 unspecified atom stereocenters. The Hall–Kier alpha value is -2.10. The number of piperazine rings is 1. The first-order valence-electron chi connectivity index (χ1n) is 11.4. The van der Waals surface area contributed by atoms with E-state index in [1.807, 2.05) is 24.9 Å². The van der Waals surface area contributed by atoms with Gasteiger partial charge in [-0.05, 0) is 31.9 Å². The molecule has 9 heteroatoms. The van der Waals surface area contributed by atoms with Crippen molar-refractivity contribution in [1.29, 1.82) is 0 Å². The molecule has 1 aromatic rings. The highest BCUT2D eigenvalue weighted by Crippen LogP contribution is 2.23. The number of rotatable bonds is 5. The van der Waals surface area contributed by atoms with Crippen LogP contribution in [-0.4, -0.2) is 105 Å². The topological polar surface area (TPSA) is 82.8 Å². The molecular formula is C22H35N5O4. The number of furan rings is 1. The number of nitrogens with zero attached hydrogens (tertiary/aromatic N) is 4. The number of nitrogens with one attached hydrogen (secondary N) is 1. The molecule has 3 saturated heterocycles. The van der Waals surface area contributed by atoms with Crippen LogP contribution in [0, 0.1) is 6.92 Å². The van der Waals surface area contributed by atoms with Gasteiger partial charge in [-0.25, -0.2) is 0 Å². The van der Waals surface area contributed by atoms with E-state index in [0.717, 1.165) is 69.7 Å². The minimum Gasteiger partial charge on any atom is -0.465 e. The summed E-state index contributed by atoms with van der Waals surface area (Å²) in [5.74, 6) is 2.89. The van der Waals surface area contributed by atoms with Crippen molar-refractivity contribution in [2.45, 2.75) is 31.9 Å². The first-order valence-corrected chi connectivity index (χ1v) is 11.4. The molecule has 4 rings (SSSR count). The summed E-state index contributed by atoms with van der Waals surface area (Å²) in [5, 5.41) is 3.55. The molecule has 1 N–H and O–H groups in total. The number of amides is 1. The van der Waals surface area contributed by atoms with Crippen LogP contribution in [0.2, 0.25) is 0 Å². The number of hydrogen-bond donors (Lipinski definition) is 1. The van der Waals surface area contributed by atoms with Crippen LogP contribution in [0.4, 0.5) is 0 Å². The zero-order valence-corrected chi connectivity index (χ0v) is 18.7. The normalized spacial score (nSPS) is 24.5. The van der Waals surface area contributed by atoms with Gasteiger partial charge in [-0.2, -0.15) is 0 Å². The third-order valence-electron chi connectivity index (χ3n) is 6.34. The fourth-order valence-corrected chi connectivity index (χ4v) is 4.57. The van der Waals surface area contributed by atoms with E-state index in [9.17, 15) is 4.79 Å². The minimum atomic E-state index is -0.241. The zero-order chi connectivity index (χ0) is 21.6. The van der Waals surface area contributed by atoms with Crippen LogP contribution in [0.3, 0.4) is 0 Å². The van der Waals surface area contributed by atoms with E-state index in [1.165, 1.54) is 0 Å². The van der Waals surface area contributed by atoms with Gasteiger partial charge in [0.25, 0.3) is 5.91 Å². The lowest BCUT2D eigenvalue weighted by molar-refractivity contribution is -0.142. The second kappa shape index (κ2) is 10.5. The SMILES string of the molecule is CN=C(NCC(c1ccc(C)o1)N1CCOCC1)N1CCN(C(=O)C2CCCO2)CC1. The molecule has 3 aliphatic heterocycles. The Kier molecular flexibility index (Phi) is 7.47. The van der Waals surface area contributed by atoms with Crippen LogP contribution in [0.1, 0.15) is 30.4 Å². The van der Waals surface area contributed by atoms with Gasteiger partial charge in [0.1, 0.15) is 17.6 Å². The smallest absolute Gasteiger partial charge is 0.251 e. The Morgan fingerprint density at radius 2 is 1.87 bits per heavy atom. The molecular weight excluding hydrogens is 398 g/mol. The van der Waals surface area contributed by atoms with Crippen molar-refractivity contribution in [1.82, 2.24) is 20.0 Å². The number of carbonyl (C=O) groups excluding carboxylic acids is 1. The molecule has 2 atom stereocenters. The first-order chi connectivity index (χ1) is 15.2. The molecule has 0 radical (unpaired) electrons. The van der Waals surface area contributed by atoms with E-state index in [0.29, 0.717) is 26.2 Å². The van der Waals surface area contributed by atoms with Gasteiger partial charge >= 0.3 is 0 Å². The summed E-state index contributed by atoms with van der Waals surface area (Å²) < 4.78 is 17.1. The molecule has 1 amide bonds. The van der Waals surface area contributed by atoms with Crippen LogP contribution in [-0.2, 0) is 14.3 Å². The highest BCUT2D eigenvalue weighted by Gasteiger charge is 2.31. The van der Waals surface area contributed by atoms with Crippen molar-refractivity contribution >= 4 is 11.9 Å². The van der Waals surface area contributed by atoms with Crippen LogP contribution in [0.5, 0.6) is 0 Å². The van der Waals surface area contributed by atoms with E-state index in [2.05, 4.69) is 26.2 Å². The number of morpholine rings is 1. The van der Waals surface area contributed by atoms with Gasteiger partial charge in [-0.3, -0.25) is 14.7 Å². The summed E-state index contributed by atoms with van der Waals surface area (Å²) in [6.07, 6.45) is 1.58. The molecule has 0 spiro atoms. The fraction of sp³-hybridized carbons (Fsp3) is 0.727. The van der Waals surface area contributed by atoms with Gasteiger partial charge in [0.15, 0.2) is 5.96 Å². The Balaban J connectivity index is 1.33. The van der Waals surface area contributed by atoms with Crippen molar-refractivity contribution < 1.29 is 18.7 Å². The van der Waals surface area contributed by atoms with E-state index in [-0.39, 0.29) is 18.1 Å². The van der Waals surface area contributed by atoms with Crippen LogP contribution in [0.25, 0.3) is 0 Å². The highest BCUT2D eigenvalue weighted by atomic mass is 16.5. The summed E-state index contributed by atoms with van der Waals surface area (Å²) in [4.78, 5) is 23.7. The third-order valence-corrected chi connectivity index (χ3v) is 6.34. The lowest BCUT2D eigenvalue weighted by atomic mass is 10.1. The molecule has 4 heterocycles. The van der Waals surface area contributed by atoms with Gasteiger partial charge < -0.3 is 29.0 Å². The third kappa shape index (κ3) is 5.39. The molecule has 0 bridgehead atoms. The van der Waals surface area contributed by atoms with E-state index >= 15 is 0 Å². The molecule has 31 heavy (non-hydrogen) atoms. The number of aliphatic imine (C=N–C) groups is 1. The monoisotopic (exact) mass is 433 g/mol. The van der Waals surface area contributed by atoms with Gasteiger partial charge in [0, 0.05) is 59.5 Å². The lowest BCUT2D eigenvalue weighted by Gasteiger charge is -2.38. The van der Waals surface area contributed by atoms with Crippen molar-refractivity contribution in [3.63, 3.8) is 0 Å². The largest absolute Gasteiger partial charge is 0.465 e. The summed E-state index contributed by atoms with van der Waals surface area (Å²) in [7, 11) is 1.81. The predicted octanol–water partition coefficient (Wildman–Crippen LogP) is 0.860. The van der Waals surface area contributed by atoms with Gasteiger partial charge in [0.2, 0.25) is 0 Å². The molecule has 3 fully saturated rings. The molecule has 1 aromatic heterocycles. The summed E-state index contributed by atoms with van der Waals surface area (Å²) in [6, 6.07) is 4.20. The molecule has 9 nitrogen and oxygen atoms in total. The number of ether oxygens (including phenoxy) is 2. The zero-order valence-electron chi connectivity index (χ0n) is 18.7. The standard InChI is InChI=1S/C22H35N5O4/c1-17-5-6-19(31-17)18(25-11-14-29-15-12-25)16-24-22(23-2)27-9-7-26(8-10-27)21(28)20-4-3-13-30-20/h5-6,18,20H,3-4,7-16H2,1-2H3,(H,23,24). The fourth-order valence-electron chi connectivity index (χ4n) is 4.57. The predicted molar refractivity (Wildman–Crippen MR) is 117 cm³/mol. The van der Waals surface area contributed by atoms with Gasteiger partial charge in [-0.1, -0.05) is 0 Å². The summed E-state index contributed by atoms with van der Waals surface area (Å²) in [5.41, 5.74) is 0. The molecule has 0 aliphatic carbocycles. The second-order valence-electron chi connectivity index (χ2n) is 8.35.